The van der Waals surface area contributed by atoms with Crippen LogP contribution in [-0.4, -0.2) is 17.3 Å². The molecule has 30 heavy (non-hydrogen) atoms. The lowest BCUT2D eigenvalue weighted by Crippen LogP contribution is -2.21. The molecular formula is C23H22N4O3. The van der Waals surface area contributed by atoms with Crippen LogP contribution in [-0.2, 0) is 6.61 Å². The second kappa shape index (κ2) is 7.84. The molecule has 1 aromatic heterocycles. The summed E-state index contributed by atoms with van der Waals surface area (Å²) >= 11 is 0. The second-order valence-corrected chi connectivity index (χ2v) is 7.18. The number of ether oxygens (including phenoxy) is 3. The number of hydrogen-bond acceptors (Lipinski definition) is 6. The van der Waals surface area contributed by atoms with E-state index >= 15 is 0 Å². The molecule has 7 nitrogen and oxygen atoms in total. The van der Waals surface area contributed by atoms with E-state index in [2.05, 4.69) is 22.3 Å². The standard InChI is InChI=1S/C23H22N4O3/c1-13-5-4-6-15(9-13)12-29-18-8-7-16(10-19(18)28-3)21-17(11-24)22(25)30-23-20(21)14(2)26-27-23/h4-10,21H,12,25H2,1-3H3,(H,26,27). The molecule has 7 heteroatoms. The molecule has 3 aromatic rings. The number of rotatable bonds is 5. The van der Waals surface area contributed by atoms with Gasteiger partial charge in [0, 0.05) is 11.3 Å². The van der Waals surface area contributed by atoms with Gasteiger partial charge in [-0.25, -0.2) is 0 Å². The van der Waals surface area contributed by atoms with Crippen LogP contribution < -0.4 is 19.9 Å². The Balaban J connectivity index is 1.69. The lowest BCUT2D eigenvalue weighted by atomic mass is 9.84. The molecule has 0 amide bonds. The number of nitrogens with two attached hydrogens (primary N) is 1. The van der Waals surface area contributed by atoms with Gasteiger partial charge in [0.25, 0.3) is 0 Å². The van der Waals surface area contributed by atoms with Crippen molar-refractivity contribution in [2.75, 3.05) is 7.11 Å². The molecule has 0 saturated heterocycles. The fraction of sp³-hybridized carbons (Fsp3) is 0.217. The van der Waals surface area contributed by atoms with E-state index in [0.29, 0.717) is 29.6 Å². The molecule has 4 rings (SSSR count). The second-order valence-electron chi connectivity index (χ2n) is 7.18. The SMILES string of the molecule is COc1cc(C2C(C#N)=C(N)Oc3n[nH]c(C)c32)ccc1OCc1cccc(C)c1. The minimum Gasteiger partial charge on any atom is -0.493 e. The topological polar surface area (TPSA) is 106 Å². The maximum atomic E-state index is 9.71. The molecule has 2 heterocycles. The Morgan fingerprint density at radius 2 is 2.03 bits per heavy atom. The number of methoxy groups -OCH3 is 1. The van der Waals surface area contributed by atoms with Gasteiger partial charge in [-0.2, -0.15) is 5.26 Å². The quantitative estimate of drug-likeness (QED) is 0.672. The summed E-state index contributed by atoms with van der Waals surface area (Å²) in [4.78, 5) is 0. The first kappa shape index (κ1) is 19.4. The van der Waals surface area contributed by atoms with Gasteiger partial charge in [0.15, 0.2) is 11.5 Å². The molecular weight excluding hydrogens is 380 g/mol. The van der Waals surface area contributed by atoms with E-state index < -0.39 is 5.92 Å². The largest absolute Gasteiger partial charge is 0.493 e. The number of benzene rings is 2. The Kier molecular flexibility index (Phi) is 5.07. The van der Waals surface area contributed by atoms with E-state index in [1.54, 1.807) is 7.11 Å². The van der Waals surface area contributed by atoms with E-state index in [-0.39, 0.29) is 5.88 Å². The summed E-state index contributed by atoms with van der Waals surface area (Å²) in [5.41, 5.74) is 11.0. The van der Waals surface area contributed by atoms with Gasteiger partial charge in [0.2, 0.25) is 11.8 Å². The molecule has 0 radical (unpaired) electrons. The number of aryl methyl sites for hydroxylation is 2. The molecule has 1 aliphatic rings. The monoisotopic (exact) mass is 402 g/mol. The van der Waals surface area contributed by atoms with E-state index in [4.69, 9.17) is 19.9 Å². The average Bonchev–Trinajstić information content (AvgIpc) is 3.11. The van der Waals surface area contributed by atoms with Crippen LogP contribution >= 0.6 is 0 Å². The molecule has 0 saturated carbocycles. The summed E-state index contributed by atoms with van der Waals surface area (Å²) in [5, 5.41) is 16.8. The Bertz CT molecular complexity index is 1170. The number of aromatic amines is 1. The summed E-state index contributed by atoms with van der Waals surface area (Å²) in [7, 11) is 1.59. The molecule has 0 fully saturated rings. The maximum absolute atomic E-state index is 9.71. The van der Waals surface area contributed by atoms with Crippen LogP contribution in [0.4, 0.5) is 0 Å². The number of allylic oxidation sites excluding steroid dienone is 1. The smallest absolute Gasteiger partial charge is 0.244 e. The summed E-state index contributed by atoms with van der Waals surface area (Å²) in [6.07, 6.45) is 0. The summed E-state index contributed by atoms with van der Waals surface area (Å²) in [6, 6.07) is 16.0. The predicted molar refractivity (Wildman–Crippen MR) is 111 cm³/mol. The van der Waals surface area contributed by atoms with E-state index in [9.17, 15) is 5.26 Å². The number of hydrogen-bond donors (Lipinski definition) is 2. The number of H-pyrrole nitrogens is 1. The van der Waals surface area contributed by atoms with Gasteiger partial charge in [-0.3, -0.25) is 5.10 Å². The molecule has 3 N–H and O–H groups in total. The van der Waals surface area contributed by atoms with Crippen molar-refractivity contribution in [2.45, 2.75) is 26.4 Å². The fourth-order valence-corrected chi connectivity index (χ4v) is 3.68. The highest BCUT2D eigenvalue weighted by atomic mass is 16.5. The van der Waals surface area contributed by atoms with Gasteiger partial charge in [-0.15, -0.1) is 5.10 Å². The third-order valence-corrected chi connectivity index (χ3v) is 5.13. The molecule has 0 bridgehead atoms. The fourth-order valence-electron chi connectivity index (χ4n) is 3.68. The van der Waals surface area contributed by atoms with E-state index in [1.807, 2.05) is 50.2 Å². The van der Waals surface area contributed by atoms with Crippen molar-refractivity contribution in [1.29, 1.82) is 5.26 Å². The molecule has 0 spiro atoms. The van der Waals surface area contributed by atoms with Crippen LogP contribution in [0.2, 0.25) is 0 Å². The Morgan fingerprint density at radius 1 is 1.20 bits per heavy atom. The highest BCUT2D eigenvalue weighted by Gasteiger charge is 2.34. The van der Waals surface area contributed by atoms with Crippen LogP contribution in [0.15, 0.2) is 53.9 Å². The van der Waals surface area contributed by atoms with Gasteiger partial charge < -0.3 is 19.9 Å². The van der Waals surface area contributed by atoms with Gasteiger partial charge in [-0.05, 0) is 37.1 Å². The molecule has 152 valence electrons. The predicted octanol–water partition coefficient (Wildman–Crippen LogP) is 3.83. The van der Waals surface area contributed by atoms with Crippen molar-refractivity contribution in [3.63, 3.8) is 0 Å². The van der Waals surface area contributed by atoms with Gasteiger partial charge in [0.05, 0.1) is 13.0 Å². The highest BCUT2D eigenvalue weighted by molar-refractivity contribution is 5.57. The van der Waals surface area contributed by atoms with Gasteiger partial charge in [-0.1, -0.05) is 35.9 Å². The molecule has 1 atom stereocenters. The molecule has 0 aliphatic carbocycles. The first-order valence-corrected chi connectivity index (χ1v) is 9.50. The first-order chi connectivity index (χ1) is 14.5. The van der Waals surface area contributed by atoms with Crippen molar-refractivity contribution >= 4 is 0 Å². The van der Waals surface area contributed by atoms with Crippen molar-refractivity contribution < 1.29 is 14.2 Å². The highest BCUT2D eigenvalue weighted by Crippen LogP contribution is 2.44. The lowest BCUT2D eigenvalue weighted by Gasteiger charge is -2.24. The first-order valence-electron chi connectivity index (χ1n) is 9.50. The van der Waals surface area contributed by atoms with Gasteiger partial charge >= 0.3 is 0 Å². The van der Waals surface area contributed by atoms with Gasteiger partial charge in [0.1, 0.15) is 18.2 Å². The number of nitriles is 1. The Labute approximate surface area is 174 Å². The number of fused-ring (bicyclic) bond motifs is 1. The average molecular weight is 402 g/mol. The zero-order valence-electron chi connectivity index (χ0n) is 17.0. The van der Waals surface area contributed by atoms with Crippen LogP contribution in [0.5, 0.6) is 17.4 Å². The summed E-state index contributed by atoms with van der Waals surface area (Å²) < 4.78 is 17.1. The number of nitrogens with one attached hydrogen (secondary N) is 1. The summed E-state index contributed by atoms with van der Waals surface area (Å²) in [5.74, 6) is 1.23. The maximum Gasteiger partial charge on any atom is 0.244 e. The summed E-state index contributed by atoms with van der Waals surface area (Å²) in [6.45, 7) is 4.36. The lowest BCUT2D eigenvalue weighted by molar-refractivity contribution is 0.284. The molecule has 1 unspecified atom stereocenters. The minimum atomic E-state index is -0.405. The van der Waals surface area contributed by atoms with Crippen LogP contribution in [0.1, 0.15) is 33.9 Å². The zero-order valence-corrected chi connectivity index (χ0v) is 17.0. The van der Waals surface area contributed by atoms with Crippen LogP contribution in [0, 0.1) is 25.2 Å². The van der Waals surface area contributed by atoms with E-state index in [0.717, 1.165) is 22.4 Å². The van der Waals surface area contributed by atoms with Crippen LogP contribution in [0.3, 0.4) is 0 Å². The minimum absolute atomic E-state index is 0.0558. The zero-order chi connectivity index (χ0) is 21.3. The van der Waals surface area contributed by atoms with Crippen molar-refractivity contribution in [3.8, 4) is 23.4 Å². The number of nitrogens with zero attached hydrogens (tertiary/aromatic N) is 2. The normalized spacial score (nSPS) is 15.2. The van der Waals surface area contributed by atoms with E-state index in [1.165, 1.54) is 5.56 Å². The molecule has 1 aliphatic heterocycles. The van der Waals surface area contributed by atoms with Crippen molar-refractivity contribution in [3.05, 3.63) is 81.9 Å². The molecule has 2 aromatic carbocycles. The Morgan fingerprint density at radius 3 is 2.77 bits per heavy atom. The number of aromatic nitrogens is 2. The van der Waals surface area contributed by atoms with Crippen LogP contribution in [0.25, 0.3) is 0 Å². The van der Waals surface area contributed by atoms with Crippen molar-refractivity contribution in [2.24, 2.45) is 5.73 Å². The third kappa shape index (κ3) is 3.44. The van der Waals surface area contributed by atoms with Crippen molar-refractivity contribution in [1.82, 2.24) is 10.2 Å². The third-order valence-electron chi connectivity index (χ3n) is 5.13. The Hall–Kier alpha value is -3.92.